The van der Waals surface area contributed by atoms with Crippen LogP contribution in [0.1, 0.15) is 32.1 Å². The molecule has 1 aliphatic rings. The smallest absolute Gasteiger partial charge is 0.00388 e. The van der Waals surface area contributed by atoms with Crippen LogP contribution < -0.4 is 5.73 Å². The lowest BCUT2D eigenvalue weighted by Crippen LogP contribution is -2.22. The second kappa shape index (κ2) is 2.31. The molecule has 1 fully saturated rings. The highest BCUT2D eigenvalue weighted by atomic mass is 15.2. The Bertz CT molecular complexity index is 46.1. The first-order valence-corrected chi connectivity index (χ1v) is 3.15. The monoisotopic (exact) mass is 105 g/mol. The van der Waals surface area contributed by atoms with Crippen LogP contribution >= 0.6 is 0 Å². The summed E-state index contributed by atoms with van der Waals surface area (Å²) in [6.07, 6.45) is 6.66. The fourth-order valence-corrected chi connectivity index (χ4v) is 1.13. The van der Waals surface area contributed by atoms with Crippen LogP contribution in [-0.4, -0.2) is 6.04 Å². The molecule has 7 heavy (non-hydrogen) atoms. The molecule has 0 radical (unpaired) electrons. The molecule has 2 N–H and O–H groups in total. The number of rotatable bonds is 0. The highest BCUT2D eigenvalue weighted by Gasteiger charge is 2.06. The summed E-state index contributed by atoms with van der Waals surface area (Å²) in [4.78, 5) is 0. The van der Waals surface area contributed by atoms with Crippen molar-refractivity contribution in [2.45, 2.75) is 38.1 Å². The van der Waals surface area contributed by atoms with Crippen molar-refractivity contribution in [2.75, 3.05) is 0 Å². The predicted octanol–water partition coefficient (Wildman–Crippen LogP) is 1.28. The van der Waals surface area contributed by atoms with Crippen LogP contribution in [0.5, 0.6) is 0 Å². The molecule has 0 bridgehead atoms. The normalized spacial score (nSPS) is 25.3. The molecule has 0 aromatic carbocycles. The van der Waals surface area contributed by atoms with Crippen LogP contribution in [0.4, 0.5) is 0 Å². The third kappa shape index (κ3) is 1.48. The number of hydrogen-bond donors (Lipinski definition) is 1. The summed E-state index contributed by atoms with van der Waals surface area (Å²) < 4.78 is 0. The molecule has 0 heterocycles. The fourth-order valence-electron chi connectivity index (χ4n) is 1.13. The minimum absolute atomic E-state index is 0.536. The van der Waals surface area contributed by atoms with Crippen molar-refractivity contribution < 1.29 is 0 Å². The van der Waals surface area contributed by atoms with Crippen LogP contribution in [0, 0.1) is 0 Å². The van der Waals surface area contributed by atoms with Gasteiger partial charge < -0.3 is 5.73 Å². The van der Waals surface area contributed by atoms with Gasteiger partial charge in [-0.25, -0.2) is 0 Å². The van der Waals surface area contributed by atoms with Gasteiger partial charge >= 0.3 is 0 Å². The Morgan fingerprint density at radius 3 is 1.86 bits per heavy atom. The zero-order valence-corrected chi connectivity index (χ0v) is 4.69. The average molecular weight is 105 g/mol. The van der Waals surface area contributed by atoms with E-state index in [0.717, 1.165) is 0 Å². The highest BCUT2D eigenvalue weighted by molar-refractivity contribution is 4.66. The van der Waals surface area contributed by atoms with Gasteiger partial charge in [-0.15, -0.1) is 0 Å². The van der Waals surface area contributed by atoms with E-state index in [4.69, 9.17) is 5.73 Å². The standard InChI is InChI=1S/C6H13N/c7-6-4-2-1-3-5-6/h6H,1-5,7H2/i1+1,2+1,3+1,4+1,5+1,6+1. The maximum absolute atomic E-state index is 5.63. The molecule has 0 saturated heterocycles. The zero-order valence-electron chi connectivity index (χ0n) is 4.69. The van der Waals surface area contributed by atoms with E-state index < -0.39 is 0 Å². The molecule has 0 aromatic rings. The molecule has 1 aliphatic carbocycles. The predicted molar refractivity (Wildman–Crippen MR) is 31.1 cm³/mol. The van der Waals surface area contributed by atoms with Crippen molar-refractivity contribution in [3.05, 3.63) is 0 Å². The van der Waals surface area contributed by atoms with Crippen molar-refractivity contribution in [1.82, 2.24) is 0 Å². The van der Waals surface area contributed by atoms with E-state index in [9.17, 15) is 0 Å². The maximum atomic E-state index is 5.63. The minimum atomic E-state index is 0.536. The summed E-state index contributed by atoms with van der Waals surface area (Å²) in [5.41, 5.74) is 5.63. The molecule has 1 heteroatoms. The summed E-state index contributed by atoms with van der Waals surface area (Å²) in [5, 5.41) is 0. The van der Waals surface area contributed by atoms with Gasteiger partial charge in [0.15, 0.2) is 0 Å². The second-order valence-corrected chi connectivity index (χ2v) is 2.40. The Kier molecular flexibility index (Phi) is 1.69. The van der Waals surface area contributed by atoms with Gasteiger partial charge in [0.1, 0.15) is 0 Å². The quantitative estimate of drug-likeness (QED) is 0.461. The third-order valence-electron chi connectivity index (χ3n) is 1.65. The van der Waals surface area contributed by atoms with Crippen molar-refractivity contribution in [3.8, 4) is 0 Å². The first-order chi connectivity index (χ1) is 3.39. The molecule has 0 amide bonds. The first-order valence-electron chi connectivity index (χ1n) is 3.15. The third-order valence-corrected chi connectivity index (χ3v) is 1.65. The molecule has 1 nitrogen and oxygen atoms in total. The lowest BCUT2D eigenvalue weighted by Gasteiger charge is -2.15. The SMILES string of the molecule is N[13CH]1[13CH2][13CH2][13CH2][13CH2][13CH2]1. The van der Waals surface area contributed by atoms with Gasteiger partial charge in [0, 0.05) is 6.04 Å². The Balaban J connectivity index is 2.12. The summed E-state index contributed by atoms with van der Waals surface area (Å²) in [6.45, 7) is 0. The molecular weight excluding hydrogens is 92.0 g/mol. The van der Waals surface area contributed by atoms with E-state index in [1.54, 1.807) is 0 Å². The molecule has 0 spiro atoms. The number of hydrogen-bond acceptors (Lipinski definition) is 1. The molecule has 0 unspecified atom stereocenters. The minimum Gasteiger partial charge on any atom is -0.328 e. The summed E-state index contributed by atoms with van der Waals surface area (Å²) in [5.74, 6) is 0. The molecule has 1 rings (SSSR count). The summed E-state index contributed by atoms with van der Waals surface area (Å²) >= 11 is 0. The second-order valence-electron chi connectivity index (χ2n) is 2.40. The van der Waals surface area contributed by atoms with E-state index >= 15 is 0 Å². The van der Waals surface area contributed by atoms with Crippen LogP contribution in [-0.2, 0) is 0 Å². The molecule has 0 atom stereocenters. The van der Waals surface area contributed by atoms with Crippen molar-refractivity contribution in [3.63, 3.8) is 0 Å². The maximum Gasteiger partial charge on any atom is 0.00388 e. The Labute approximate surface area is 44.9 Å². The zero-order chi connectivity index (χ0) is 5.11. The Morgan fingerprint density at radius 1 is 1.00 bits per heavy atom. The first kappa shape index (κ1) is 5.10. The average Bonchev–Trinajstić information content (AvgIpc) is 1.69. The largest absolute Gasteiger partial charge is 0.328 e. The van der Waals surface area contributed by atoms with Crippen LogP contribution in [0.15, 0.2) is 0 Å². The van der Waals surface area contributed by atoms with Crippen molar-refractivity contribution in [2.24, 2.45) is 5.73 Å². The molecule has 42 valence electrons. The van der Waals surface area contributed by atoms with Gasteiger partial charge in [-0.3, -0.25) is 0 Å². The molecular formula is C6H13N. The van der Waals surface area contributed by atoms with E-state index in [-0.39, 0.29) is 0 Å². The number of nitrogens with two attached hydrogens (primary N) is 1. The lowest BCUT2D eigenvalue weighted by molar-refractivity contribution is 0.441. The summed E-state index contributed by atoms with van der Waals surface area (Å²) in [7, 11) is 0. The van der Waals surface area contributed by atoms with Crippen LogP contribution in [0.2, 0.25) is 0 Å². The Hall–Kier alpha value is -0.0400. The van der Waals surface area contributed by atoms with Gasteiger partial charge in [-0.1, -0.05) is 19.3 Å². The summed E-state index contributed by atoms with van der Waals surface area (Å²) in [6, 6.07) is 0.536. The molecule has 0 aromatic heterocycles. The molecule has 1 saturated carbocycles. The van der Waals surface area contributed by atoms with Gasteiger partial charge in [-0.05, 0) is 12.8 Å². The van der Waals surface area contributed by atoms with Crippen LogP contribution in [0.25, 0.3) is 0 Å². The van der Waals surface area contributed by atoms with E-state index in [2.05, 4.69) is 0 Å². The van der Waals surface area contributed by atoms with E-state index in [1.165, 1.54) is 32.1 Å². The van der Waals surface area contributed by atoms with Gasteiger partial charge in [0.2, 0.25) is 0 Å². The molecule has 0 aliphatic heterocycles. The van der Waals surface area contributed by atoms with Crippen molar-refractivity contribution in [1.29, 1.82) is 0 Å². The Morgan fingerprint density at radius 2 is 1.57 bits per heavy atom. The topological polar surface area (TPSA) is 26.0 Å². The van der Waals surface area contributed by atoms with Gasteiger partial charge in [0.25, 0.3) is 0 Å². The van der Waals surface area contributed by atoms with E-state index in [0.29, 0.717) is 6.04 Å². The fraction of sp³-hybridized carbons (Fsp3) is 1.00. The van der Waals surface area contributed by atoms with Crippen LogP contribution in [0.3, 0.4) is 0 Å². The van der Waals surface area contributed by atoms with Gasteiger partial charge in [0.05, 0.1) is 0 Å². The van der Waals surface area contributed by atoms with E-state index in [1.807, 2.05) is 0 Å². The van der Waals surface area contributed by atoms with Gasteiger partial charge in [-0.2, -0.15) is 0 Å². The van der Waals surface area contributed by atoms with Crippen molar-refractivity contribution >= 4 is 0 Å². The lowest BCUT2D eigenvalue weighted by atomic mass is 10.9. The highest BCUT2D eigenvalue weighted by Crippen LogP contribution is 2.14.